The summed E-state index contributed by atoms with van der Waals surface area (Å²) < 4.78 is 1.63. The smallest absolute Gasteiger partial charge is 0.274 e. The summed E-state index contributed by atoms with van der Waals surface area (Å²) in [5.41, 5.74) is 3.60. The van der Waals surface area contributed by atoms with Gasteiger partial charge in [0.25, 0.3) is 5.91 Å². The molecule has 0 radical (unpaired) electrons. The summed E-state index contributed by atoms with van der Waals surface area (Å²) >= 11 is 0. The third-order valence-electron chi connectivity index (χ3n) is 7.41. The predicted octanol–water partition coefficient (Wildman–Crippen LogP) is 1.64. The molecule has 2 amide bonds. The number of hydrogen-bond acceptors (Lipinski definition) is 7. The average Bonchev–Trinajstić information content (AvgIpc) is 3.25. The van der Waals surface area contributed by atoms with E-state index in [-0.39, 0.29) is 17.6 Å². The molecule has 2 aliphatic heterocycles. The van der Waals surface area contributed by atoms with Gasteiger partial charge in [-0.15, -0.1) is 10.2 Å². The second-order valence-corrected chi connectivity index (χ2v) is 10.1. The van der Waals surface area contributed by atoms with Crippen LogP contribution in [-0.4, -0.2) is 80.8 Å². The van der Waals surface area contributed by atoms with Crippen LogP contribution in [0.4, 0.5) is 5.69 Å². The number of benzene rings is 1. The van der Waals surface area contributed by atoms with Crippen molar-refractivity contribution in [3.8, 4) is 0 Å². The summed E-state index contributed by atoms with van der Waals surface area (Å²) in [5.74, 6) is -0.411. The van der Waals surface area contributed by atoms with Gasteiger partial charge >= 0.3 is 0 Å². The van der Waals surface area contributed by atoms with Crippen molar-refractivity contribution in [2.24, 2.45) is 0 Å². The molecule has 5 rings (SSSR count). The van der Waals surface area contributed by atoms with Crippen LogP contribution in [0.25, 0.3) is 5.65 Å². The Morgan fingerprint density at radius 3 is 2.58 bits per heavy atom. The molecule has 1 atom stereocenters. The lowest BCUT2D eigenvalue weighted by molar-refractivity contribution is -0.140. The first-order valence-corrected chi connectivity index (χ1v) is 12.6. The maximum absolute atomic E-state index is 14.0. The third-order valence-corrected chi connectivity index (χ3v) is 7.41. The van der Waals surface area contributed by atoms with Crippen molar-refractivity contribution in [2.45, 2.75) is 52.1 Å². The highest BCUT2D eigenvalue weighted by Gasteiger charge is 2.45. The van der Waals surface area contributed by atoms with Crippen molar-refractivity contribution < 1.29 is 9.59 Å². The molecule has 10 nitrogen and oxygen atoms in total. The van der Waals surface area contributed by atoms with Gasteiger partial charge in [-0.25, -0.2) is 4.52 Å². The lowest BCUT2D eigenvalue weighted by atomic mass is 9.86. The van der Waals surface area contributed by atoms with Crippen LogP contribution in [0.15, 0.2) is 30.3 Å². The van der Waals surface area contributed by atoms with Gasteiger partial charge in [0, 0.05) is 37.4 Å². The topological polar surface area (TPSA) is 108 Å². The van der Waals surface area contributed by atoms with Gasteiger partial charge in [0.05, 0.1) is 11.4 Å². The van der Waals surface area contributed by atoms with Crippen molar-refractivity contribution in [3.05, 3.63) is 53.0 Å². The number of anilines is 1. The molecule has 0 spiro atoms. The van der Waals surface area contributed by atoms with Gasteiger partial charge in [-0.1, -0.05) is 12.1 Å². The van der Waals surface area contributed by atoms with Crippen molar-refractivity contribution >= 4 is 23.1 Å². The van der Waals surface area contributed by atoms with E-state index in [1.807, 2.05) is 17.9 Å². The van der Waals surface area contributed by atoms with Crippen LogP contribution in [-0.2, 0) is 4.79 Å². The maximum Gasteiger partial charge on any atom is 0.274 e. The van der Waals surface area contributed by atoms with E-state index in [1.165, 1.54) is 11.3 Å². The van der Waals surface area contributed by atoms with E-state index in [4.69, 9.17) is 0 Å². The van der Waals surface area contributed by atoms with E-state index in [0.717, 1.165) is 12.2 Å². The summed E-state index contributed by atoms with van der Waals surface area (Å²) in [6, 6.07) is 10.4. The third kappa shape index (κ3) is 4.41. The second-order valence-electron chi connectivity index (χ2n) is 10.1. The maximum atomic E-state index is 14.0. The number of rotatable bonds is 4. The number of piperazine rings is 1. The Morgan fingerprint density at radius 2 is 1.86 bits per heavy atom. The molecule has 4 heterocycles. The predicted molar refractivity (Wildman–Crippen MR) is 137 cm³/mol. The van der Waals surface area contributed by atoms with Crippen molar-refractivity contribution in [1.82, 2.24) is 35.3 Å². The zero-order chi connectivity index (χ0) is 25.4. The number of aromatic nitrogens is 4. The Kier molecular flexibility index (Phi) is 6.38. The number of carbonyl (C=O) groups is 2. The zero-order valence-corrected chi connectivity index (χ0v) is 21.4. The van der Waals surface area contributed by atoms with Crippen molar-refractivity contribution in [2.75, 3.05) is 37.6 Å². The highest BCUT2D eigenvalue weighted by molar-refractivity contribution is 5.99. The molecule has 2 aromatic heterocycles. The lowest BCUT2D eigenvalue weighted by Crippen LogP contribution is -2.66. The minimum absolute atomic E-state index is 0.0188. The first-order chi connectivity index (χ1) is 17.3. The Labute approximate surface area is 211 Å². The molecule has 2 aliphatic rings. The summed E-state index contributed by atoms with van der Waals surface area (Å²) in [4.78, 5) is 31.7. The number of piperidine rings is 1. The number of nitrogens with one attached hydrogen (secondary N) is 2. The molecule has 0 saturated carbocycles. The summed E-state index contributed by atoms with van der Waals surface area (Å²) in [7, 11) is 0. The molecular formula is C26H34N8O2. The summed E-state index contributed by atoms with van der Waals surface area (Å²) in [6.07, 6.45) is 1.05. The summed E-state index contributed by atoms with van der Waals surface area (Å²) in [5, 5.41) is 19.2. The minimum Gasteiger partial charge on any atom is -0.365 e. The fraction of sp³-hybridized carbons (Fsp3) is 0.500. The second kappa shape index (κ2) is 9.50. The molecule has 1 aromatic carbocycles. The van der Waals surface area contributed by atoms with Crippen LogP contribution in [0.5, 0.6) is 0 Å². The average molecular weight is 491 g/mol. The fourth-order valence-corrected chi connectivity index (χ4v) is 5.44. The fourth-order valence-electron chi connectivity index (χ4n) is 5.44. The van der Waals surface area contributed by atoms with E-state index in [9.17, 15) is 9.59 Å². The SMILES string of the molecule is Cc1cccc(N2CCN(C(=O)C3(NC(=O)c4nnc5cc(C)nn5c4C)CCNCC3)CC2C)c1. The summed E-state index contributed by atoms with van der Waals surface area (Å²) in [6.45, 7) is 11.2. The van der Waals surface area contributed by atoms with E-state index >= 15 is 0 Å². The van der Waals surface area contributed by atoms with E-state index in [2.05, 4.69) is 68.9 Å². The Hall–Kier alpha value is -3.53. The van der Waals surface area contributed by atoms with E-state index in [0.29, 0.717) is 50.4 Å². The zero-order valence-electron chi connectivity index (χ0n) is 21.4. The van der Waals surface area contributed by atoms with E-state index in [1.54, 1.807) is 11.4 Å². The van der Waals surface area contributed by atoms with Gasteiger partial charge < -0.3 is 20.4 Å². The van der Waals surface area contributed by atoms with E-state index < -0.39 is 11.4 Å². The molecule has 1 unspecified atom stereocenters. The quantitative estimate of drug-likeness (QED) is 0.572. The number of nitrogens with zero attached hydrogens (tertiary/aromatic N) is 6. The lowest BCUT2D eigenvalue weighted by Gasteiger charge is -2.46. The van der Waals surface area contributed by atoms with Gasteiger partial charge in [0.2, 0.25) is 5.91 Å². The highest BCUT2D eigenvalue weighted by Crippen LogP contribution is 2.27. The van der Waals surface area contributed by atoms with Gasteiger partial charge in [0.1, 0.15) is 5.54 Å². The molecule has 2 fully saturated rings. The van der Waals surface area contributed by atoms with Gasteiger partial charge in [-0.3, -0.25) is 9.59 Å². The van der Waals surface area contributed by atoms with Crippen LogP contribution in [0.2, 0.25) is 0 Å². The molecule has 2 N–H and O–H groups in total. The number of carbonyl (C=O) groups excluding carboxylic acids is 2. The number of hydrogen-bond donors (Lipinski definition) is 2. The normalized spacial score (nSPS) is 19.9. The first-order valence-electron chi connectivity index (χ1n) is 12.6. The van der Waals surface area contributed by atoms with Crippen molar-refractivity contribution in [1.29, 1.82) is 0 Å². The Bertz CT molecular complexity index is 1300. The molecule has 36 heavy (non-hydrogen) atoms. The molecule has 190 valence electrons. The van der Waals surface area contributed by atoms with Crippen molar-refractivity contribution in [3.63, 3.8) is 0 Å². The number of amides is 2. The molecule has 2 saturated heterocycles. The minimum atomic E-state index is -0.976. The largest absolute Gasteiger partial charge is 0.365 e. The number of aryl methyl sites for hydroxylation is 3. The molecular weight excluding hydrogens is 456 g/mol. The van der Waals surface area contributed by atoms with Gasteiger partial charge in [-0.2, -0.15) is 5.10 Å². The standard InChI is InChI=1S/C26H34N8O2/c1-17-6-5-7-21(14-17)33-13-12-32(16-19(33)3)25(36)26(8-10-27-11-9-26)28-24(35)23-20(4)34-22(29-30-23)15-18(2)31-34/h5-7,14-15,19,27H,8-13,16H2,1-4H3,(H,28,35). The molecule has 0 bridgehead atoms. The molecule has 0 aliphatic carbocycles. The van der Waals surface area contributed by atoms with Crippen LogP contribution in [0.1, 0.15) is 47.2 Å². The van der Waals surface area contributed by atoms with Crippen LogP contribution < -0.4 is 15.5 Å². The number of fused-ring (bicyclic) bond motifs is 1. The first kappa shape index (κ1) is 24.2. The van der Waals surface area contributed by atoms with Crippen LogP contribution >= 0.6 is 0 Å². The highest BCUT2D eigenvalue weighted by atomic mass is 16.2. The van der Waals surface area contributed by atoms with Crippen LogP contribution in [0, 0.1) is 20.8 Å². The Balaban J connectivity index is 1.36. The van der Waals surface area contributed by atoms with Gasteiger partial charge in [-0.05, 0) is 71.3 Å². The molecule has 3 aromatic rings. The molecule has 10 heteroatoms. The Morgan fingerprint density at radius 1 is 1.08 bits per heavy atom. The van der Waals surface area contributed by atoms with Gasteiger partial charge in [0.15, 0.2) is 11.3 Å². The monoisotopic (exact) mass is 490 g/mol. The van der Waals surface area contributed by atoms with Crippen LogP contribution in [0.3, 0.4) is 0 Å².